The monoisotopic (exact) mass is 436 g/mol. The summed E-state index contributed by atoms with van der Waals surface area (Å²) >= 11 is 0. The van der Waals surface area contributed by atoms with Gasteiger partial charge in [-0.15, -0.1) is 0 Å². The molecule has 0 radical (unpaired) electrons. The number of nitrogens with one attached hydrogen (secondary N) is 4. The third-order valence-electron chi connectivity index (χ3n) is 3.36. The topological polar surface area (TPSA) is 152 Å². The fraction of sp³-hybridized carbons (Fsp3) is 0.450. The molecule has 11 nitrogen and oxygen atoms in total. The zero-order valence-electron chi connectivity index (χ0n) is 17.8. The minimum absolute atomic E-state index is 0.0920. The first-order valence-electron chi connectivity index (χ1n) is 9.51. The highest BCUT2D eigenvalue weighted by Gasteiger charge is 2.16. The molecule has 170 valence electrons. The number of alkyl carbamates (subject to hydrolysis) is 1. The van der Waals surface area contributed by atoms with Crippen molar-refractivity contribution in [2.24, 2.45) is 0 Å². The smallest absolute Gasteiger partial charge is 0.408 e. The maximum Gasteiger partial charge on any atom is 0.408 e. The van der Waals surface area contributed by atoms with Crippen LogP contribution in [0.2, 0.25) is 0 Å². The first-order chi connectivity index (χ1) is 14.5. The molecule has 0 aliphatic rings. The summed E-state index contributed by atoms with van der Waals surface area (Å²) in [4.78, 5) is 58.0. The van der Waals surface area contributed by atoms with E-state index < -0.39 is 35.4 Å². The number of amides is 4. The Bertz CT molecular complexity index is 775. The lowest BCUT2D eigenvalue weighted by atomic mass is 10.2. The van der Waals surface area contributed by atoms with Crippen LogP contribution in [0.3, 0.4) is 0 Å². The zero-order chi connectivity index (χ0) is 23.3. The number of carbonyl (C=O) groups is 5. The van der Waals surface area contributed by atoms with Gasteiger partial charge < -0.3 is 30.7 Å². The minimum Gasteiger partial charge on any atom is -0.460 e. The lowest BCUT2D eigenvalue weighted by molar-refractivity contribution is -0.145. The van der Waals surface area contributed by atoms with E-state index in [-0.39, 0.29) is 32.8 Å². The molecule has 0 spiro atoms. The van der Waals surface area contributed by atoms with Crippen molar-refractivity contribution in [3.8, 4) is 0 Å². The molecule has 1 rings (SSSR count). The average molecular weight is 436 g/mol. The molecule has 0 aliphatic carbocycles. The Morgan fingerprint density at radius 1 is 0.742 bits per heavy atom. The quantitative estimate of drug-likeness (QED) is 0.364. The van der Waals surface area contributed by atoms with Crippen molar-refractivity contribution in [1.82, 2.24) is 21.3 Å². The van der Waals surface area contributed by atoms with Gasteiger partial charge >= 0.3 is 12.1 Å². The van der Waals surface area contributed by atoms with Crippen molar-refractivity contribution in [2.45, 2.75) is 33.0 Å². The summed E-state index contributed by atoms with van der Waals surface area (Å²) in [5.41, 5.74) is 0.123. The third kappa shape index (κ3) is 13.3. The van der Waals surface area contributed by atoms with Crippen LogP contribution in [0.1, 0.15) is 26.3 Å². The van der Waals surface area contributed by atoms with E-state index in [1.807, 2.05) is 18.2 Å². The molecule has 0 unspecified atom stereocenters. The van der Waals surface area contributed by atoms with E-state index >= 15 is 0 Å². The molecule has 0 aromatic heterocycles. The summed E-state index contributed by atoms with van der Waals surface area (Å²) in [6.07, 6.45) is -0.758. The molecule has 0 saturated heterocycles. The highest BCUT2D eigenvalue weighted by molar-refractivity contribution is 5.90. The van der Waals surface area contributed by atoms with Gasteiger partial charge in [-0.1, -0.05) is 30.3 Å². The maximum atomic E-state index is 11.7. The number of ether oxygens (including phenoxy) is 2. The second-order valence-electron chi connectivity index (χ2n) is 7.33. The molecule has 4 amide bonds. The second-order valence-corrected chi connectivity index (χ2v) is 7.33. The van der Waals surface area contributed by atoms with Crippen molar-refractivity contribution in [3.05, 3.63) is 35.9 Å². The van der Waals surface area contributed by atoms with Gasteiger partial charge in [-0.05, 0) is 26.3 Å². The molecule has 1 aromatic rings. The Morgan fingerprint density at radius 2 is 1.23 bits per heavy atom. The zero-order valence-corrected chi connectivity index (χ0v) is 17.8. The lowest BCUT2D eigenvalue weighted by Crippen LogP contribution is -2.45. The molecule has 0 fully saturated rings. The molecule has 0 saturated carbocycles. The number of rotatable bonds is 10. The Hall–Kier alpha value is -3.63. The highest BCUT2D eigenvalue weighted by atomic mass is 16.6. The highest BCUT2D eigenvalue weighted by Crippen LogP contribution is 2.06. The van der Waals surface area contributed by atoms with Crippen molar-refractivity contribution in [3.63, 3.8) is 0 Å². The Labute approximate surface area is 180 Å². The summed E-state index contributed by atoms with van der Waals surface area (Å²) in [6.45, 7) is 3.66. The predicted octanol–water partition coefficient (Wildman–Crippen LogP) is -0.397. The maximum absolute atomic E-state index is 11.7. The second kappa shape index (κ2) is 12.8. The number of hydrogen-bond acceptors (Lipinski definition) is 7. The molecular formula is C20H28N4O7. The Kier molecular flexibility index (Phi) is 10.5. The van der Waals surface area contributed by atoms with Gasteiger partial charge in [0.15, 0.2) is 0 Å². The van der Waals surface area contributed by atoms with Gasteiger partial charge in [0.05, 0.1) is 13.1 Å². The molecule has 31 heavy (non-hydrogen) atoms. The van der Waals surface area contributed by atoms with E-state index in [2.05, 4.69) is 21.3 Å². The summed E-state index contributed by atoms with van der Waals surface area (Å²) in [7, 11) is 0. The van der Waals surface area contributed by atoms with Crippen molar-refractivity contribution in [2.75, 3.05) is 26.2 Å². The first-order valence-corrected chi connectivity index (χ1v) is 9.51. The molecule has 11 heteroatoms. The van der Waals surface area contributed by atoms with Crippen LogP contribution in [-0.2, 0) is 35.3 Å². The van der Waals surface area contributed by atoms with E-state index in [4.69, 9.17) is 9.47 Å². The fourth-order valence-corrected chi connectivity index (χ4v) is 1.97. The van der Waals surface area contributed by atoms with Gasteiger partial charge in [0.1, 0.15) is 25.3 Å². The molecule has 0 aliphatic heterocycles. The number of esters is 1. The van der Waals surface area contributed by atoms with Crippen LogP contribution in [0.15, 0.2) is 30.3 Å². The van der Waals surface area contributed by atoms with E-state index in [9.17, 15) is 24.0 Å². The van der Waals surface area contributed by atoms with Gasteiger partial charge in [-0.25, -0.2) is 4.79 Å². The molecule has 1 aromatic carbocycles. The predicted molar refractivity (Wildman–Crippen MR) is 110 cm³/mol. The molecule has 0 heterocycles. The lowest BCUT2D eigenvalue weighted by Gasteiger charge is -2.19. The third-order valence-corrected chi connectivity index (χ3v) is 3.36. The van der Waals surface area contributed by atoms with E-state index in [1.54, 1.807) is 32.9 Å². The van der Waals surface area contributed by atoms with E-state index in [1.165, 1.54) is 0 Å². The number of benzene rings is 1. The van der Waals surface area contributed by atoms with Gasteiger partial charge in [0.25, 0.3) is 0 Å². The largest absolute Gasteiger partial charge is 0.460 e. The van der Waals surface area contributed by atoms with E-state index in [0.717, 1.165) is 5.56 Å². The van der Waals surface area contributed by atoms with Crippen LogP contribution in [0.5, 0.6) is 0 Å². The standard InChI is InChI=1S/C20H28N4O7/c1-20(2,3)31-19(29)24-11-17(27)22-9-15(25)21-10-16(26)23-12-18(28)30-13-14-7-5-4-6-8-14/h4-8H,9-13H2,1-3H3,(H,21,25)(H,22,27)(H,23,26)(H,24,29). The van der Waals surface area contributed by atoms with Gasteiger partial charge in [0.2, 0.25) is 17.7 Å². The van der Waals surface area contributed by atoms with Crippen LogP contribution < -0.4 is 21.3 Å². The van der Waals surface area contributed by atoms with E-state index in [0.29, 0.717) is 0 Å². The Balaban J connectivity index is 2.12. The van der Waals surface area contributed by atoms with Gasteiger partial charge in [-0.3, -0.25) is 19.2 Å². The summed E-state index contributed by atoms with van der Waals surface area (Å²) < 4.78 is 9.98. The average Bonchev–Trinajstić information content (AvgIpc) is 2.71. The van der Waals surface area contributed by atoms with Crippen molar-refractivity contribution >= 4 is 29.8 Å². The molecular weight excluding hydrogens is 408 g/mol. The number of hydrogen-bond donors (Lipinski definition) is 4. The first kappa shape index (κ1) is 25.4. The number of carbonyl (C=O) groups excluding carboxylic acids is 5. The van der Waals surface area contributed by atoms with Gasteiger partial charge in [0, 0.05) is 0 Å². The Morgan fingerprint density at radius 3 is 1.74 bits per heavy atom. The van der Waals surface area contributed by atoms with Crippen LogP contribution in [0.4, 0.5) is 4.79 Å². The normalized spacial score (nSPS) is 10.4. The fourth-order valence-electron chi connectivity index (χ4n) is 1.97. The summed E-state index contributed by atoms with van der Waals surface area (Å²) in [5, 5.41) is 9.13. The van der Waals surface area contributed by atoms with Gasteiger partial charge in [-0.2, -0.15) is 0 Å². The van der Waals surface area contributed by atoms with Crippen molar-refractivity contribution in [1.29, 1.82) is 0 Å². The van der Waals surface area contributed by atoms with Crippen LogP contribution in [0.25, 0.3) is 0 Å². The molecule has 4 N–H and O–H groups in total. The molecule has 0 atom stereocenters. The van der Waals surface area contributed by atoms with Crippen LogP contribution in [-0.4, -0.2) is 61.6 Å². The minimum atomic E-state index is -0.758. The van der Waals surface area contributed by atoms with Crippen LogP contribution in [0, 0.1) is 0 Å². The SMILES string of the molecule is CC(C)(C)OC(=O)NCC(=O)NCC(=O)NCC(=O)NCC(=O)OCc1ccccc1. The van der Waals surface area contributed by atoms with Crippen LogP contribution >= 0.6 is 0 Å². The summed E-state index contributed by atoms with van der Waals surface area (Å²) in [5.74, 6) is -2.43. The summed E-state index contributed by atoms with van der Waals surface area (Å²) in [6, 6.07) is 9.06. The van der Waals surface area contributed by atoms with Crippen molar-refractivity contribution < 1.29 is 33.4 Å². The molecule has 0 bridgehead atoms.